The highest BCUT2D eigenvalue weighted by Crippen LogP contribution is 2.22. The zero-order valence-corrected chi connectivity index (χ0v) is 11.3. The van der Waals surface area contributed by atoms with Crippen LogP contribution in [0.1, 0.15) is 24.4 Å². The fourth-order valence-corrected chi connectivity index (χ4v) is 1.95. The first-order valence-corrected chi connectivity index (χ1v) is 6.10. The molecule has 2 aromatic rings. The van der Waals surface area contributed by atoms with E-state index in [0.717, 1.165) is 5.56 Å². The third kappa shape index (κ3) is 3.97. The van der Waals surface area contributed by atoms with Crippen LogP contribution in [0.5, 0.6) is 0 Å². The number of halogens is 2. The summed E-state index contributed by atoms with van der Waals surface area (Å²) in [7, 11) is 0. The van der Waals surface area contributed by atoms with E-state index in [9.17, 15) is 4.39 Å². The van der Waals surface area contributed by atoms with E-state index in [1.807, 2.05) is 6.07 Å². The van der Waals surface area contributed by atoms with Gasteiger partial charge in [0, 0.05) is 5.75 Å². The molecule has 0 saturated heterocycles. The van der Waals surface area contributed by atoms with Crippen LogP contribution >= 0.6 is 24.2 Å². The Bertz CT molecular complexity index is 507. The first kappa shape index (κ1) is 14.9. The van der Waals surface area contributed by atoms with E-state index in [1.54, 1.807) is 13.0 Å². The maximum atomic E-state index is 12.9. The minimum Gasteiger partial charge on any atom is -0.414 e. The van der Waals surface area contributed by atoms with Crippen molar-refractivity contribution >= 4 is 24.2 Å². The summed E-state index contributed by atoms with van der Waals surface area (Å²) >= 11 is 1.36. The van der Waals surface area contributed by atoms with E-state index >= 15 is 0 Å². The second kappa shape index (κ2) is 6.72. The molecule has 1 aromatic heterocycles. The van der Waals surface area contributed by atoms with Gasteiger partial charge in [0.15, 0.2) is 0 Å². The Hall–Kier alpha value is -1.11. The molecule has 4 nitrogen and oxygen atoms in total. The fourth-order valence-electron chi connectivity index (χ4n) is 1.23. The SMILES string of the molecule is CC(N)c1nnc(SCc2cccc(F)c2)o1.Cl. The van der Waals surface area contributed by atoms with E-state index in [4.69, 9.17) is 10.2 Å². The van der Waals surface area contributed by atoms with Gasteiger partial charge in [-0.25, -0.2) is 4.39 Å². The van der Waals surface area contributed by atoms with Crippen molar-refractivity contribution < 1.29 is 8.81 Å². The van der Waals surface area contributed by atoms with Gasteiger partial charge in [-0.05, 0) is 24.6 Å². The Labute approximate surface area is 115 Å². The van der Waals surface area contributed by atoms with Crippen molar-refractivity contribution in [1.82, 2.24) is 10.2 Å². The monoisotopic (exact) mass is 289 g/mol. The van der Waals surface area contributed by atoms with E-state index < -0.39 is 0 Å². The molecule has 1 unspecified atom stereocenters. The van der Waals surface area contributed by atoms with Gasteiger partial charge in [-0.15, -0.1) is 22.6 Å². The predicted octanol–water partition coefficient (Wildman–Crippen LogP) is 2.94. The summed E-state index contributed by atoms with van der Waals surface area (Å²) in [6, 6.07) is 6.14. The number of thioether (sulfide) groups is 1. The first-order chi connectivity index (χ1) is 8.15. The maximum Gasteiger partial charge on any atom is 0.276 e. The molecule has 0 amide bonds. The highest BCUT2D eigenvalue weighted by molar-refractivity contribution is 7.98. The lowest BCUT2D eigenvalue weighted by Gasteiger charge is -1.98. The van der Waals surface area contributed by atoms with Gasteiger partial charge in [0.05, 0.1) is 6.04 Å². The van der Waals surface area contributed by atoms with Gasteiger partial charge in [0.25, 0.3) is 5.22 Å². The van der Waals surface area contributed by atoms with Crippen molar-refractivity contribution in [3.63, 3.8) is 0 Å². The van der Waals surface area contributed by atoms with Crippen LogP contribution in [0, 0.1) is 5.82 Å². The molecule has 2 rings (SSSR count). The molecule has 0 spiro atoms. The molecule has 0 aliphatic carbocycles. The molecule has 18 heavy (non-hydrogen) atoms. The maximum absolute atomic E-state index is 12.9. The average Bonchev–Trinajstić information content (AvgIpc) is 2.75. The molecule has 2 N–H and O–H groups in total. The average molecular weight is 290 g/mol. The van der Waals surface area contributed by atoms with E-state index in [0.29, 0.717) is 16.9 Å². The van der Waals surface area contributed by atoms with Crippen LogP contribution < -0.4 is 5.73 Å². The molecule has 7 heteroatoms. The van der Waals surface area contributed by atoms with Gasteiger partial charge in [0.2, 0.25) is 5.89 Å². The Kier molecular flexibility index (Phi) is 5.58. The summed E-state index contributed by atoms with van der Waals surface area (Å²) in [6.45, 7) is 1.77. The Balaban J connectivity index is 0.00000162. The zero-order chi connectivity index (χ0) is 12.3. The molecular formula is C11H13ClFN3OS. The van der Waals surface area contributed by atoms with Crippen molar-refractivity contribution in [2.24, 2.45) is 5.73 Å². The van der Waals surface area contributed by atoms with Crippen molar-refractivity contribution in [2.45, 2.75) is 23.9 Å². The highest BCUT2D eigenvalue weighted by Gasteiger charge is 2.10. The highest BCUT2D eigenvalue weighted by atomic mass is 35.5. The van der Waals surface area contributed by atoms with E-state index in [2.05, 4.69) is 10.2 Å². The first-order valence-electron chi connectivity index (χ1n) is 5.11. The summed E-state index contributed by atoms with van der Waals surface area (Å²) in [5.41, 5.74) is 6.47. The normalized spacial score (nSPS) is 11.9. The van der Waals surface area contributed by atoms with Crippen LogP contribution in [0.25, 0.3) is 0 Å². The van der Waals surface area contributed by atoms with Crippen LogP contribution in [-0.2, 0) is 5.75 Å². The van der Waals surface area contributed by atoms with Crippen molar-refractivity contribution in [3.8, 4) is 0 Å². The number of benzene rings is 1. The smallest absolute Gasteiger partial charge is 0.276 e. The van der Waals surface area contributed by atoms with E-state index in [-0.39, 0.29) is 24.3 Å². The molecule has 1 heterocycles. The number of nitrogens with zero attached hydrogens (tertiary/aromatic N) is 2. The number of rotatable bonds is 4. The van der Waals surface area contributed by atoms with Crippen LogP contribution in [0.2, 0.25) is 0 Å². The molecule has 0 bridgehead atoms. The number of hydrogen-bond acceptors (Lipinski definition) is 5. The van der Waals surface area contributed by atoms with Gasteiger partial charge < -0.3 is 10.2 Å². The summed E-state index contributed by atoms with van der Waals surface area (Å²) < 4.78 is 18.2. The summed E-state index contributed by atoms with van der Waals surface area (Å²) in [5, 5.41) is 8.10. The summed E-state index contributed by atoms with van der Waals surface area (Å²) in [6.07, 6.45) is 0. The molecule has 1 aromatic carbocycles. The quantitative estimate of drug-likeness (QED) is 0.877. The molecular weight excluding hydrogens is 277 g/mol. The fraction of sp³-hybridized carbons (Fsp3) is 0.273. The zero-order valence-electron chi connectivity index (χ0n) is 9.67. The van der Waals surface area contributed by atoms with Crippen molar-refractivity contribution in [3.05, 3.63) is 41.5 Å². The minimum absolute atomic E-state index is 0. The third-order valence-electron chi connectivity index (χ3n) is 2.06. The molecule has 0 radical (unpaired) electrons. The lowest BCUT2D eigenvalue weighted by atomic mass is 10.2. The van der Waals surface area contributed by atoms with E-state index in [1.165, 1.54) is 23.9 Å². The van der Waals surface area contributed by atoms with Crippen molar-refractivity contribution in [2.75, 3.05) is 0 Å². The number of hydrogen-bond donors (Lipinski definition) is 1. The number of nitrogens with two attached hydrogens (primary N) is 1. The topological polar surface area (TPSA) is 64.9 Å². The Morgan fingerprint density at radius 1 is 1.44 bits per heavy atom. The van der Waals surface area contributed by atoms with Gasteiger partial charge in [-0.2, -0.15) is 0 Å². The Morgan fingerprint density at radius 3 is 2.83 bits per heavy atom. The summed E-state index contributed by atoms with van der Waals surface area (Å²) in [4.78, 5) is 0. The minimum atomic E-state index is -0.272. The summed E-state index contributed by atoms with van der Waals surface area (Å²) in [5.74, 6) is 0.745. The van der Waals surface area contributed by atoms with Gasteiger partial charge in [-0.1, -0.05) is 23.9 Å². The molecule has 0 aliphatic rings. The second-order valence-corrected chi connectivity index (χ2v) is 4.54. The second-order valence-electron chi connectivity index (χ2n) is 3.61. The third-order valence-corrected chi connectivity index (χ3v) is 2.95. The van der Waals surface area contributed by atoms with Crippen LogP contribution in [-0.4, -0.2) is 10.2 Å². The molecule has 98 valence electrons. The number of aromatic nitrogens is 2. The molecule has 0 saturated carbocycles. The standard InChI is InChI=1S/C11H12FN3OS.ClH/c1-7(13)10-14-15-11(16-10)17-6-8-3-2-4-9(12)5-8;/h2-5,7H,6,13H2,1H3;1H. The van der Waals surface area contributed by atoms with Gasteiger partial charge >= 0.3 is 0 Å². The van der Waals surface area contributed by atoms with Crippen LogP contribution in [0.4, 0.5) is 4.39 Å². The van der Waals surface area contributed by atoms with Gasteiger partial charge in [0.1, 0.15) is 5.82 Å². The largest absolute Gasteiger partial charge is 0.414 e. The van der Waals surface area contributed by atoms with Gasteiger partial charge in [-0.3, -0.25) is 0 Å². The molecule has 1 atom stereocenters. The molecule has 0 fully saturated rings. The molecule has 0 aliphatic heterocycles. The lowest BCUT2D eigenvalue weighted by molar-refractivity contribution is 0.394. The van der Waals surface area contributed by atoms with Crippen LogP contribution in [0.15, 0.2) is 33.9 Å². The Morgan fingerprint density at radius 2 is 2.22 bits per heavy atom. The predicted molar refractivity (Wildman–Crippen MR) is 70.1 cm³/mol. The van der Waals surface area contributed by atoms with Crippen LogP contribution in [0.3, 0.4) is 0 Å². The van der Waals surface area contributed by atoms with Crippen molar-refractivity contribution in [1.29, 1.82) is 0 Å². The lowest BCUT2D eigenvalue weighted by Crippen LogP contribution is -2.04.